The van der Waals surface area contributed by atoms with Gasteiger partial charge >= 0.3 is 0 Å². The molecular weight excluding hydrogens is 437 g/mol. The molecular formula is C24H26FN7O2. The van der Waals surface area contributed by atoms with Crippen molar-refractivity contribution in [3.8, 4) is 17.0 Å². The maximum absolute atomic E-state index is 14.5. The van der Waals surface area contributed by atoms with E-state index in [1.165, 1.54) is 6.07 Å². The van der Waals surface area contributed by atoms with E-state index in [1.807, 2.05) is 6.20 Å². The Labute approximate surface area is 195 Å². The van der Waals surface area contributed by atoms with Crippen molar-refractivity contribution in [3.05, 3.63) is 36.7 Å². The van der Waals surface area contributed by atoms with Gasteiger partial charge in [-0.2, -0.15) is 9.97 Å². The maximum atomic E-state index is 14.5. The molecule has 4 aromatic heterocycles. The molecule has 1 aliphatic heterocycles. The van der Waals surface area contributed by atoms with E-state index in [0.29, 0.717) is 46.8 Å². The van der Waals surface area contributed by atoms with Crippen LogP contribution in [0.15, 0.2) is 30.9 Å². The highest BCUT2D eigenvalue weighted by Crippen LogP contribution is 2.35. The van der Waals surface area contributed by atoms with Crippen molar-refractivity contribution in [2.45, 2.75) is 50.6 Å². The lowest BCUT2D eigenvalue weighted by Crippen LogP contribution is -2.41. The molecule has 2 aliphatic rings. The summed E-state index contributed by atoms with van der Waals surface area (Å²) in [4.78, 5) is 30.6. The van der Waals surface area contributed by atoms with Crippen LogP contribution < -0.4 is 10.1 Å². The fourth-order valence-electron chi connectivity index (χ4n) is 5.35. The Morgan fingerprint density at radius 1 is 1.24 bits per heavy atom. The van der Waals surface area contributed by atoms with E-state index in [-0.39, 0.29) is 11.7 Å². The average Bonchev–Trinajstić information content (AvgIpc) is 3.58. The molecule has 10 heteroatoms. The van der Waals surface area contributed by atoms with Crippen molar-refractivity contribution in [1.82, 2.24) is 29.2 Å². The number of imidazole rings is 1. The molecule has 0 bridgehead atoms. The van der Waals surface area contributed by atoms with Crippen LogP contribution in [0.25, 0.3) is 27.8 Å². The summed E-state index contributed by atoms with van der Waals surface area (Å²) in [6.45, 7) is 0.894. The van der Waals surface area contributed by atoms with Crippen LogP contribution in [0, 0.1) is 5.82 Å². The molecule has 0 atom stereocenters. The molecule has 176 valence electrons. The van der Waals surface area contributed by atoms with Gasteiger partial charge in [-0.3, -0.25) is 4.79 Å². The number of carbonyl (C=O) groups is 1. The number of ether oxygens (including phenoxy) is 1. The third-order valence-electron chi connectivity index (χ3n) is 7.03. The number of hydrogen-bond acceptors (Lipinski definition) is 6. The van der Waals surface area contributed by atoms with Crippen LogP contribution in [0.1, 0.15) is 38.5 Å². The van der Waals surface area contributed by atoms with Gasteiger partial charge in [-0.1, -0.05) is 0 Å². The Balaban J connectivity index is 1.24. The zero-order chi connectivity index (χ0) is 23.2. The minimum absolute atomic E-state index is 0.239. The quantitative estimate of drug-likeness (QED) is 0.467. The number of anilines is 1. The third-order valence-corrected chi connectivity index (χ3v) is 7.03. The topological polar surface area (TPSA) is 100 Å². The Morgan fingerprint density at radius 2 is 2.09 bits per heavy atom. The Morgan fingerprint density at radius 3 is 2.85 bits per heavy atom. The molecule has 0 radical (unpaired) electrons. The van der Waals surface area contributed by atoms with E-state index in [9.17, 15) is 9.18 Å². The summed E-state index contributed by atoms with van der Waals surface area (Å²) in [5.41, 5.74) is 2.32. The van der Waals surface area contributed by atoms with Crippen molar-refractivity contribution in [2.24, 2.45) is 0 Å². The molecule has 6 rings (SSSR count). The maximum Gasteiger partial charge on any atom is 0.228 e. The predicted octanol–water partition coefficient (Wildman–Crippen LogP) is 3.77. The first kappa shape index (κ1) is 20.9. The van der Waals surface area contributed by atoms with Gasteiger partial charge < -0.3 is 24.3 Å². The van der Waals surface area contributed by atoms with Crippen LogP contribution in [-0.2, 0) is 4.79 Å². The van der Waals surface area contributed by atoms with E-state index < -0.39 is 5.82 Å². The number of nitrogens with one attached hydrogen (secondary N) is 2. The minimum Gasteiger partial charge on any atom is -0.480 e. The molecule has 0 unspecified atom stereocenters. The number of carbonyl (C=O) groups excluding carboxylic acids is 1. The number of halogens is 1. The zero-order valence-corrected chi connectivity index (χ0v) is 18.9. The summed E-state index contributed by atoms with van der Waals surface area (Å²) in [5, 5.41) is 4.15. The molecule has 5 heterocycles. The van der Waals surface area contributed by atoms with E-state index >= 15 is 0 Å². The molecule has 1 aliphatic carbocycles. The van der Waals surface area contributed by atoms with Gasteiger partial charge in [0, 0.05) is 61.0 Å². The normalized spacial score (nSPS) is 21.0. The van der Waals surface area contributed by atoms with Crippen molar-refractivity contribution in [1.29, 1.82) is 0 Å². The predicted molar refractivity (Wildman–Crippen MR) is 125 cm³/mol. The van der Waals surface area contributed by atoms with Crippen LogP contribution in [0.3, 0.4) is 0 Å². The summed E-state index contributed by atoms with van der Waals surface area (Å²) in [6, 6.07) is 2.05. The summed E-state index contributed by atoms with van der Waals surface area (Å²) in [6.07, 6.45) is 12.4. The van der Waals surface area contributed by atoms with Gasteiger partial charge in [-0.25, -0.2) is 9.37 Å². The molecule has 1 saturated carbocycles. The first-order valence-corrected chi connectivity index (χ1v) is 11.7. The van der Waals surface area contributed by atoms with Gasteiger partial charge in [0.1, 0.15) is 5.65 Å². The van der Waals surface area contributed by atoms with Gasteiger partial charge in [-0.05, 0) is 38.2 Å². The van der Waals surface area contributed by atoms with Gasteiger partial charge in [0.25, 0.3) is 0 Å². The smallest absolute Gasteiger partial charge is 0.228 e. The van der Waals surface area contributed by atoms with Crippen LogP contribution in [-0.4, -0.2) is 60.9 Å². The lowest BCUT2D eigenvalue weighted by molar-refractivity contribution is -0.130. The number of aromatic amines is 1. The highest BCUT2D eigenvalue weighted by atomic mass is 19.1. The number of methoxy groups -OCH3 is 1. The number of aromatic nitrogens is 5. The second kappa shape index (κ2) is 8.27. The zero-order valence-electron chi connectivity index (χ0n) is 18.9. The Hall–Kier alpha value is -3.69. The van der Waals surface area contributed by atoms with Gasteiger partial charge in [-0.15, -0.1) is 0 Å². The summed E-state index contributed by atoms with van der Waals surface area (Å²) in [7, 11) is 1.57. The number of fused-ring (bicyclic) bond motifs is 2. The first-order valence-electron chi connectivity index (χ1n) is 11.7. The summed E-state index contributed by atoms with van der Waals surface area (Å²) in [5.74, 6) is 0.812. The molecule has 0 aromatic carbocycles. The second-order valence-corrected chi connectivity index (χ2v) is 9.06. The molecule has 4 aromatic rings. The summed E-state index contributed by atoms with van der Waals surface area (Å²) < 4.78 is 21.8. The second-order valence-electron chi connectivity index (χ2n) is 9.06. The lowest BCUT2D eigenvalue weighted by Gasteiger charge is -2.34. The van der Waals surface area contributed by atoms with E-state index in [2.05, 4.69) is 30.2 Å². The highest BCUT2D eigenvalue weighted by Gasteiger charge is 2.31. The number of pyridine rings is 1. The minimum atomic E-state index is -0.402. The van der Waals surface area contributed by atoms with Gasteiger partial charge in [0.15, 0.2) is 11.5 Å². The number of amides is 1. The lowest BCUT2D eigenvalue weighted by atomic mass is 9.90. The third kappa shape index (κ3) is 3.53. The van der Waals surface area contributed by atoms with E-state index in [1.54, 1.807) is 30.1 Å². The largest absolute Gasteiger partial charge is 0.480 e. The molecule has 9 nitrogen and oxygen atoms in total. The molecule has 1 saturated heterocycles. The number of hydrogen-bond donors (Lipinski definition) is 2. The molecule has 34 heavy (non-hydrogen) atoms. The fourth-order valence-corrected chi connectivity index (χ4v) is 5.35. The van der Waals surface area contributed by atoms with Gasteiger partial charge in [0.05, 0.1) is 12.5 Å². The Bertz CT molecular complexity index is 1370. The fraction of sp³-hybridized carbons (Fsp3) is 0.417. The highest BCUT2D eigenvalue weighted by molar-refractivity contribution is 5.97. The number of rotatable bonds is 5. The molecule has 2 N–H and O–H groups in total. The van der Waals surface area contributed by atoms with Gasteiger partial charge in [0.2, 0.25) is 17.7 Å². The van der Waals surface area contributed by atoms with E-state index in [4.69, 9.17) is 4.74 Å². The Kier molecular flexibility index (Phi) is 5.08. The average molecular weight is 464 g/mol. The number of H-pyrrole nitrogens is 1. The number of likely N-dealkylation sites (tertiary alicyclic amines) is 1. The molecule has 0 spiro atoms. The summed E-state index contributed by atoms with van der Waals surface area (Å²) >= 11 is 0. The molecule has 2 fully saturated rings. The van der Waals surface area contributed by atoms with Crippen LogP contribution >= 0.6 is 0 Å². The van der Waals surface area contributed by atoms with Crippen LogP contribution in [0.4, 0.5) is 10.3 Å². The SMILES string of the molecule is COc1nc(N[C@H]2CC[C@@H](N3CCCC3=O)CC2)nc2[nH]cc(-c3cc(F)c4nccn4c3)c12. The van der Waals surface area contributed by atoms with Crippen LogP contribution in [0.2, 0.25) is 0 Å². The van der Waals surface area contributed by atoms with Crippen molar-refractivity contribution < 1.29 is 13.9 Å². The monoisotopic (exact) mass is 463 g/mol. The van der Waals surface area contributed by atoms with Crippen molar-refractivity contribution in [2.75, 3.05) is 19.0 Å². The number of nitrogens with zero attached hydrogens (tertiary/aromatic N) is 5. The van der Waals surface area contributed by atoms with E-state index in [0.717, 1.165) is 44.2 Å². The first-order chi connectivity index (χ1) is 16.6. The van der Waals surface area contributed by atoms with Crippen molar-refractivity contribution >= 4 is 28.5 Å². The van der Waals surface area contributed by atoms with Crippen molar-refractivity contribution in [3.63, 3.8) is 0 Å². The standard InChI is InChI=1S/C24H26FN7O2/c1-34-23-20-17(14-11-18(25)22-26-8-10-31(22)13-14)12-27-21(20)29-24(30-23)28-15-4-6-16(7-5-15)32-9-2-3-19(32)33/h8,10-13,15-16H,2-7,9H2,1H3,(H2,27,28,29,30)/t15-,16+. The van der Waals surface area contributed by atoms with Crippen LogP contribution in [0.5, 0.6) is 5.88 Å². The molecule has 1 amide bonds.